The maximum Gasteiger partial charge on any atom is 0.407 e. The molecular weight excluding hydrogens is 644 g/mol. The Morgan fingerprint density at radius 3 is 1.38 bits per heavy atom. The Kier molecular flexibility index (Phi) is 19.8. The Hall–Kier alpha value is -2.68. The number of amides is 6. The number of ether oxygens (including phenoxy) is 4. The summed E-state index contributed by atoms with van der Waals surface area (Å²) in [6.45, 7) is 16.0. The molecule has 50 heavy (non-hydrogen) atoms. The Bertz CT molecular complexity index is 931. The quantitative estimate of drug-likeness (QED) is 0.0755. The molecule has 6 atom stereocenters. The van der Waals surface area contributed by atoms with Gasteiger partial charge in [0, 0.05) is 77.7 Å². The van der Waals surface area contributed by atoms with Crippen LogP contribution in [0.3, 0.4) is 0 Å². The second kappa shape index (κ2) is 23.7. The first-order valence-corrected chi connectivity index (χ1v) is 19.4. The van der Waals surface area contributed by atoms with Gasteiger partial charge in [-0.2, -0.15) is 0 Å². The Labute approximate surface area is 300 Å². The van der Waals surface area contributed by atoms with Crippen molar-refractivity contribution in [2.75, 3.05) is 78.8 Å². The summed E-state index contributed by atoms with van der Waals surface area (Å²) in [6, 6.07) is 0.625. The highest BCUT2D eigenvalue weighted by molar-refractivity contribution is 6.11. The van der Waals surface area contributed by atoms with Crippen LogP contribution in [0.1, 0.15) is 105 Å². The average molecular weight is 711 g/mol. The number of hydrogen-bond acceptors (Lipinski definition) is 10. The standard InChI is InChI=1S/C36H66N6O8/c1-5-7-21-47-27-31(25-39-23-29(39)3)49-33(43)37-17-13-9-11-15-19-41-35(45)42(36(41)46)20-16-12-10-14-18-38-34(44)50-32(26-40-24-30(40)4)28-48-22-8-6-2/h29-32H,5-28H2,1-4H3,(H,37,43)(H,38,44). The molecule has 3 aliphatic heterocycles. The molecule has 0 radical (unpaired) electrons. The Balaban J connectivity index is 1.14. The van der Waals surface area contributed by atoms with E-state index in [0.29, 0.717) is 77.8 Å². The van der Waals surface area contributed by atoms with Crippen molar-refractivity contribution in [3.8, 4) is 0 Å². The van der Waals surface area contributed by atoms with Crippen molar-refractivity contribution >= 4 is 24.2 Å². The van der Waals surface area contributed by atoms with E-state index in [1.807, 2.05) is 0 Å². The number of nitrogens with one attached hydrogen (secondary N) is 2. The molecule has 0 saturated carbocycles. The summed E-state index contributed by atoms with van der Waals surface area (Å²) >= 11 is 0. The van der Waals surface area contributed by atoms with Crippen molar-refractivity contribution in [2.24, 2.45) is 0 Å². The summed E-state index contributed by atoms with van der Waals surface area (Å²) in [6.07, 6.45) is 9.30. The molecule has 0 aromatic carbocycles. The van der Waals surface area contributed by atoms with Gasteiger partial charge < -0.3 is 29.6 Å². The van der Waals surface area contributed by atoms with Crippen LogP contribution in [0, 0.1) is 0 Å². The molecule has 0 spiro atoms. The second-order valence-corrected chi connectivity index (χ2v) is 14.1. The predicted molar refractivity (Wildman–Crippen MR) is 191 cm³/mol. The van der Waals surface area contributed by atoms with E-state index in [9.17, 15) is 19.2 Å². The zero-order valence-electron chi connectivity index (χ0n) is 31.3. The summed E-state index contributed by atoms with van der Waals surface area (Å²) in [4.78, 5) is 56.7. The lowest BCUT2D eigenvalue weighted by molar-refractivity contribution is 0.0124. The van der Waals surface area contributed by atoms with E-state index in [1.165, 1.54) is 9.80 Å². The molecule has 6 unspecified atom stereocenters. The number of hydrogen-bond donors (Lipinski definition) is 2. The van der Waals surface area contributed by atoms with Crippen LogP contribution in [-0.4, -0.2) is 147 Å². The number of carbonyl (C=O) groups is 4. The van der Waals surface area contributed by atoms with Gasteiger partial charge >= 0.3 is 24.2 Å². The maximum atomic E-state index is 12.5. The number of urea groups is 2. The first kappa shape index (κ1) is 41.7. The lowest BCUT2D eigenvalue weighted by atomic mass is 10.1. The van der Waals surface area contributed by atoms with E-state index in [0.717, 1.165) is 90.1 Å². The summed E-state index contributed by atoms with van der Waals surface area (Å²) in [5.74, 6) is 0. The third-order valence-corrected chi connectivity index (χ3v) is 9.37. The zero-order valence-corrected chi connectivity index (χ0v) is 31.3. The number of alkyl carbamates (subject to hydrolysis) is 2. The highest BCUT2D eigenvalue weighted by Gasteiger charge is 2.42. The van der Waals surface area contributed by atoms with Gasteiger partial charge in [-0.05, 0) is 52.4 Å². The van der Waals surface area contributed by atoms with Crippen LogP contribution in [0.2, 0.25) is 0 Å². The molecule has 3 rings (SSSR count). The molecule has 3 aliphatic rings. The minimum Gasteiger partial charge on any atom is -0.442 e. The fourth-order valence-electron chi connectivity index (χ4n) is 5.84. The Morgan fingerprint density at radius 1 is 0.640 bits per heavy atom. The van der Waals surface area contributed by atoms with Crippen LogP contribution in [-0.2, 0) is 18.9 Å². The number of nitrogens with zero attached hydrogens (tertiary/aromatic N) is 4. The Morgan fingerprint density at radius 2 is 1.02 bits per heavy atom. The smallest absolute Gasteiger partial charge is 0.407 e. The van der Waals surface area contributed by atoms with Gasteiger partial charge in [0.15, 0.2) is 0 Å². The van der Waals surface area contributed by atoms with Gasteiger partial charge in [0.25, 0.3) is 0 Å². The molecule has 0 aromatic heterocycles. The summed E-state index contributed by atoms with van der Waals surface area (Å²) in [5.41, 5.74) is 0. The number of unbranched alkanes of at least 4 members (excludes halogenated alkanes) is 8. The van der Waals surface area contributed by atoms with Gasteiger partial charge in [-0.1, -0.05) is 52.4 Å². The fraction of sp³-hybridized carbons (Fsp3) is 0.889. The minimum absolute atomic E-state index is 0.223. The summed E-state index contributed by atoms with van der Waals surface area (Å²) in [5, 5.41) is 5.67. The van der Waals surface area contributed by atoms with E-state index in [-0.39, 0.29) is 24.3 Å². The van der Waals surface area contributed by atoms with E-state index < -0.39 is 12.2 Å². The van der Waals surface area contributed by atoms with E-state index >= 15 is 0 Å². The van der Waals surface area contributed by atoms with E-state index in [4.69, 9.17) is 18.9 Å². The van der Waals surface area contributed by atoms with Crippen LogP contribution in [0.15, 0.2) is 0 Å². The molecule has 14 heteroatoms. The number of rotatable bonds is 30. The van der Waals surface area contributed by atoms with Crippen molar-refractivity contribution in [2.45, 2.75) is 129 Å². The predicted octanol–water partition coefficient (Wildman–Crippen LogP) is 5.20. The molecule has 6 amide bonds. The van der Waals surface area contributed by atoms with Crippen LogP contribution in [0.25, 0.3) is 0 Å². The van der Waals surface area contributed by atoms with E-state index in [2.05, 4.69) is 48.1 Å². The third kappa shape index (κ3) is 16.6. The first-order valence-electron chi connectivity index (χ1n) is 19.4. The van der Waals surface area contributed by atoms with Crippen molar-refractivity contribution in [1.29, 1.82) is 0 Å². The topological polar surface area (TPSA) is 142 Å². The van der Waals surface area contributed by atoms with Gasteiger partial charge in [0.2, 0.25) is 0 Å². The third-order valence-electron chi connectivity index (χ3n) is 9.37. The summed E-state index contributed by atoms with van der Waals surface area (Å²) < 4.78 is 22.6. The van der Waals surface area contributed by atoms with E-state index in [1.54, 1.807) is 0 Å². The van der Waals surface area contributed by atoms with Crippen LogP contribution >= 0.6 is 0 Å². The molecule has 3 fully saturated rings. The first-order chi connectivity index (χ1) is 24.2. The molecule has 0 aliphatic carbocycles. The number of carbonyl (C=O) groups excluding carboxylic acids is 4. The highest BCUT2D eigenvalue weighted by atomic mass is 16.6. The van der Waals surface area contributed by atoms with Crippen molar-refractivity contribution in [3.05, 3.63) is 0 Å². The van der Waals surface area contributed by atoms with Crippen molar-refractivity contribution in [3.63, 3.8) is 0 Å². The monoisotopic (exact) mass is 710 g/mol. The molecular formula is C36H66N6O8. The highest BCUT2D eigenvalue weighted by Crippen LogP contribution is 2.20. The molecule has 2 N–H and O–H groups in total. The molecule has 3 saturated heterocycles. The fourth-order valence-corrected chi connectivity index (χ4v) is 5.84. The second-order valence-electron chi connectivity index (χ2n) is 14.1. The van der Waals surface area contributed by atoms with Gasteiger partial charge in [0.05, 0.1) is 13.2 Å². The average Bonchev–Trinajstić information content (AvgIpc) is 4.00. The largest absolute Gasteiger partial charge is 0.442 e. The zero-order chi connectivity index (χ0) is 36.1. The number of imide groups is 2. The summed E-state index contributed by atoms with van der Waals surface area (Å²) in [7, 11) is 0. The van der Waals surface area contributed by atoms with Crippen LogP contribution in [0.5, 0.6) is 0 Å². The van der Waals surface area contributed by atoms with Crippen LogP contribution < -0.4 is 10.6 Å². The lowest BCUT2D eigenvalue weighted by Gasteiger charge is -2.39. The van der Waals surface area contributed by atoms with Gasteiger partial charge in [-0.3, -0.25) is 9.80 Å². The van der Waals surface area contributed by atoms with Gasteiger partial charge in [-0.15, -0.1) is 0 Å². The van der Waals surface area contributed by atoms with Crippen molar-refractivity contribution in [1.82, 2.24) is 30.2 Å². The molecule has 14 nitrogen and oxygen atoms in total. The van der Waals surface area contributed by atoms with Gasteiger partial charge in [-0.25, -0.2) is 29.0 Å². The SMILES string of the molecule is CCCCOCC(CN1CC1C)OC(=O)NCCCCCCN1C(=O)N(CCCCCCNC(=O)OC(COCCCC)CN2CC2C)C1=O. The van der Waals surface area contributed by atoms with Crippen LogP contribution in [0.4, 0.5) is 19.2 Å². The lowest BCUT2D eigenvalue weighted by Crippen LogP contribution is -2.64. The molecule has 0 aromatic rings. The normalized spacial score (nSPS) is 22.2. The molecule has 288 valence electrons. The van der Waals surface area contributed by atoms with Gasteiger partial charge in [0.1, 0.15) is 12.2 Å². The molecule has 3 heterocycles. The molecule has 0 bridgehead atoms. The maximum absolute atomic E-state index is 12.5. The minimum atomic E-state index is -0.415. The van der Waals surface area contributed by atoms with Crippen molar-refractivity contribution < 1.29 is 38.1 Å².